The van der Waals surface area contributed by atoms with Crippen LogP contribution in [0, 0.1) is 5.82 Å². The van der Waals surface area contributed by atoms with E-state index in [2.05, 4.69) is 10.4 Å². The number of carbonyl (C=O) groups excluding carboxylic acids is 1. The molecule has 0 saturated heterocycles. The van der Waals surface area contributed by atoms with Crippen molar-refractivity contribution in [1.29, 1.82) is 0 Å². The maximum Gasteiger partial charge on any atom is 0.169 e. The maximum atomic E-state index is 13.3. The molecule has 0 fully saturated rings. The molecule has 0 amide bonds. The molecule has 0 unspecified atom stereocenters. The maximum absolute atomic E-state index is 13.3. The molecule has 0 saturated carbocycles. The quantitative estimate of drug-likeness (QED) is 0.782. The third-order valence-corrected chi connectivity index (χ3v) is 4.49. The predicted molar refractivity (Wildman–Crippen MR) is 91.8 cm³/mol. The monoisotopic (exact) mass is 339 g/mol. The molecule has 1 N–H and O–H groups in total. The van der Waals surface area contributed by atoms with E-state index in [4.69, 9.17) is 4.42 Å². The number of carbonyl (C=O) groups is 1. The van der Waals surface area contributed by atoms with E-state index >= 15 is 0 Å². The molecule has 2 heterocycles. The molecule has 0 bridgehead atoms. The van der Waals surface area contributed by atoms with Gasteiger partial charge in [-0.3, -0.25) is 4.79 Å². The molecule has 2 aromatic heterocycles. The first-order valence-corrected chi connectivity index (χ1v) is 8.35. The molecule has 4 rings (SSSR count). The summed E-state index contributed by atoms with van der Waals surface area (Å²) >= 11 is 0. The molecule has 1 atom stereocenters. The van der Waals surface area contributed by atoms with Crippen molar-refractivity contribution in [1.82, 2.24) is 9.78 Å². The zero-order valence-corrected chi connectivity index (χ0v) is 13.8. The second kappa shape index (κ2) is 6.20. The Morgan fingerprint density at radius 3 is 2.76 bits per heavy atom. The number of nitrogens with one attached hydrogen (secondary N) is 1. The fraction of sp³-hybridized carbons (Fsp3) is 0.263. The first-order chi connectivity index (χ1) is 12.2. The third kappa shape index (κ3) is 2.73. The highest BCUT2D eigenvalue weighted by molar-refractivity contribution is 6.03. The van der Waals surface area contributed by atoms with Crippen LogP contribution in [0.15, 0.2) is 47.1 Å². The summed E-state index contributed by atoms with van der Waals surface area (Å²) in [6.45, 7) is 2.63. The summed E-state index contributed by atoms with van der Waals surface area (Å²) in [5.41, 5.74) is 2.20. The standard InChI is InChI=1S/C19H18FN3O2/c1-2-21-19-18-15(23(22-19)14-7-5-13(20)6-8-14)10-12(11-16(18)24)17-4-3-9-25-17/h3-9,12H,2,10-11H2,1H3,(H,21,22)/t12-/m1/s1. The average Bonchev–Trinajstić information content (AvgIpc) is 3.24. The molecule has 0 radical (unpaired) electrons. The van der Waals surface area contributed by atoms with Crippen molar-refractivity contribution in [3.63, 3.8) is 0 Å². The zero-order valence-electron chi connectivity index (χ0n) is 13.8. The van der Waals surface area contributed by atoms with Crippen LogP contribution < -0.4 is 5.32 Å². The Morgan fingerprint density at radius 2 is 2.08 bits per heavy atom. The normalized spacial score (nSPS) is 16.7. The van der Waals surface area contributed by atoms with Gasteiger partial charge in [0.15, 0.2) is 11.6 Å². The number of anilines is 1. The van der Waals surface area contributed by atoms with E-state index in [1.807, 2.05) is 19.1 Å². The number of rotatable bonds is 4. The van der Waals surface area contributed by atoms with Crippen molar-refractivity contribution >= 4 is 11.6 Å². The molecule has 3 aromatic rings. The number of benzene rings is 1. The van der Waals surface area contributed by atoms with Crippen LogP contribution in [0.25, 0.3) is 5.69 Å². The topological polar surface area (TPSA) is 60.1 Å². The number of furan rings is 1. The summed E-state index contributed by atoms with van der Waals surface area (Å²) in [4.78, 5) is 12.8. The lowest BCUT2D eigenvalue weighted by Crippen LogP contribution is -2.20. The van der Waals surface area contributed by atoms with Gasteiger partial charge in [-0.15, -0.1) is 5.10 Å². The minimum atomic E-state index is -0.304. The number of ketones is 1. The largest absolute Gasteiger partial charge is 0.469 e. The number of halogens is 1. The van der Waals surface area contributed by atoms with Gasteiger partial charge in [-0.25, -0.2) is 9.07 Å². The first kappa shape index (κ1) is 15.6. The van der Waals surface area contributed by atoms with Crippen LogP contribution in [-0.2, 0) is 6.42 Å². The van der Waals surface area contributed by atoms with Crippen molar-refractivity contribution in [3.05, 3.63) is 65.5 Å². The lowest BCUT2D eigenvalue weighted by molar-refractivity contribution is 0.0960. The molecule has 0 aliphatic heterocycles. The van der Waals surface area contributed by atoms with E-state index < -0.39 is 0 Å². The molecular formula is C19H18FN3O2. The molecular weight excluding hydrogens is 321 g/mol. The van der Waals surface area contributed by atoms with E-state index in [1.54, 1.807) is 23.1 Å². The molecule has 0 spiro atoms. The van der Waals surface area contributed by atoms with E-state index in [1.165, 1.54) is 12.1 Å². The summed E-state index contributed by atoms with van der Waals surface area (Å²) in [6.07, 6.45) is 2.66. The number of hydrogen-bond donors (Lipinski definition) is 1. The minimum absolute atomic E-state index is 0.0135. The summed E-state index contributed by atoms with van der Waals surface area (Å²) in [5, 5.41) is 7.75. The van der Waals surface area contributed by atoms with Gasteiger partial charge in [0, 0.05) is 25.3 Å². The van der Waals surface area contributed by atoms with E-state index in [0.29, 0.717) is 30.8 Å². The smallest absolute Gasteiger partial charge is 0.169 e. The van der Waals surface area contributed by atoms with Gasteiger partial charge in [-0.1, -0.05) is 0 Å². The van der Waals surface area contributed by atoms with Crippen molar-refractivity contribution in [2.45, 2.75) is 25.7 Å². The van der Waals surface area contributed by atoms with Crippen molar-refractivity contribution in [3.8, 4) is 5.69 Å². The lowest BCUT2D eigenvalue weighted by atomic mass is 9.85. The average molecular weight is 339 g/mol. The highest BCUT2D eigenvalue weighted by Gasteiger charge is 2.34. The van der Waals surface area contributed by atoms with Crippen LogP contribution in [0.5, 0.6) is 0 Å². The molecule has 6 heteroatoms. The van der Waals surface area contributed by atoms with Crippen molar-refractivity contribution in [2.24, 2.45) is 0 Å². The van der Waals surface area contributed by atoms with Gasteiger partial charge in [0.2, 0.25) is 0 Å². The summed E-state index contributed by atoms with van der Waals surface area (Å²) in [6, 6.07) is 9.85. The number of Topliss-reactive ketones (excluding diaryl/α,β-unsaturated/α-hetero) is 1. The van der Waals surface area contributed by atoms with Gasteiger partial charge in [0.25, 0.3) is 0 Å². The van der Waals surface area contributed by atoms with E-state index in [-0.39, 0.29) is 17.5 Å². The molecule has 5 nitrogen and oxygen atoms in total. The van der Waals surface area contributed by atoms with Gasteiger partial charge in [-0.2, -0.15) is 0 Å². The Balaban J connectivity index is 1.82. The van der Waals surface area contributed by atoms with Crippen LogP contribution in [0.4, 0.5) is 10.2 Å². The van der Waals surface area contributed by atoms with Gasteiger partial charge in [0.05, 0.1) is 23.2 Å². The number of fused-ring (bicyclic) bond motifs is 1. The predicted octanol–water partition coefficient (Wildman–Crippen LogP) is 3.95. The second-order valence-corrected chi connectivity index (χ2v) is 6.13. The fourth-order valence-electron chi connectivity index (χ4n) is 3.38. The highest BCUT2D eigenvalue weighted by atomic mass is 19.1. The van der Waals surface area contributed by atoms with Crippen LogP contribution >= 0.6 is 0 Å². The second-order valence-electron chi connectivity index (χ2n) is 6.13. The van der Waals surface area contributed by atoms with E-state index in [9.17, 15) is 9.18 Å². The summed E-state index contributed by atoms with van der Waals surface area (Å²) in [5.74, 6) is 1.12. The number of aromatic nitrogens is 2. The van der Waals surface area contributed by atoms with Crippen molar-refractivity contribution < 1.29 is 13.6 Å². The molecule has 128 valence electrons. The van der Waals surface area contributed by atoms with Crippen LogP contribution in [0.3, 0.4) is 0 Å². The third-order valence-electron chi connectivity index (χ3n) is 4.49. The zero-order chi connectivity index (χ0) is 17.4. The Hall–Kier alpha value is -2.89. The van der Waals surface area contributed by atoms with Gasteiger partial charge in [0.1, 0.15) is 11.6 Å². The minimum Gasteiger partial charge on any atom is -0.469 e. The summed E-state index contributed by atoms with van der Waals surface area (Å²) in [7, 11) is 0. The Kier molecular flexibility index (Phi) is 3.87. The molecule has 1 aliphatic carbocycles. The Bertz CT molecular complexity index is 898. The fourth-order valence-corrected chi connectivity index (χ4v) is 3.38. The van der Waals surface area contributed by atoms with Crippen molar-refractivity contribution in [2.75, 3.05) is 11.9 Å². The van der Waals surface area contributed by atoms with E-state index in [0.717, 1.165) is 17.1 Å². The first-order valence-electron chi connectivity index (χ1n) is 8.35. The molecule has 1 aliphatic rings. The highest BCUT2D eigenvalue weighted by Crippen LogP contribution is 2.37. The Labute approximate surface area is 144 Å². The summed E-state index contributed by atoms with van der Waals surface area (Å²) < 4.78 is 20.5. The van der Waals surface area contributed by atoms with Gasteiger partial charge >= 0.3 is 0 Å². The number of hydrogen-bond acceptors (Lipinski definition) is 4. The molecule has 1 aromatic carbocycles. The Morgan fingerprint density at radius 1 is 1.28 bits per heavy atom. The van der Waals surface area contributed by atoms with Gasteiger partial charge in [-0.05, 0) is 43.3 Å². The molecule has 25 heavy (non-hydrogen) atoms. The number of nitrogens with zero attached hydrogens (tertiary/aromatic N) is 2. The van der Waals surface area contributed by atoms with Gasteiger partial charge < -0.3 is 9.73 Å². The van der Waals surface area contributed by atoms with Crippen LogP contribution in [0.1, 0.15) is 41.1 Å². The van der Waals surface area contributed by atoms with Crippen LogP contribution in [0.2, 0.25) is 0 Å². The van der Waals surface area contributed by atoms with Crippen LogP contribution in [-0.4, -0.2) is 22.1 Å². The SMILES string of the molecule is CCNc1nn(-c2ccc(F)cc2)c2c1C(=O)C[C@H](c1ccco1)C2. The lowest BCUT2D eigenvalue weighted by Gasteiger charge is -2.21.